The van der Waals surface area contributed by atoms with Crippen LogP contribution in [0.4, 0.5) is 0 Å². The minimum atomic E-state index is 0.652. The molecule has 1 heteroatoms. The Bertz CT molecular complexity index is 343. The Morgan fingerprint density at radius 1 is 1.18 bits per heavy atom. The van der Waals surface area contributed by atoms with Gasteiger partial charge in [0, 0.05) is 4.90 Å². The second kappa shape index (κ2) is 7.10. The Labute approximate surface area is 112 Å². The molecule has 96 valence electrons. The van der Waals surface area contributed by atoms with Gasteiger partial charge in [-0.1, -0.05) is 58.6 Å². The van der Waals surface area contributed by atoms with E-state index >= 15 is 0 Å². The van der Waals surface area contributed by atoms with E-state index in [2.05, 4.69) is 58.5 Å². The average molecular weight is 250 g/mol. The smallest absolute Gasteiger partial charge is 0.00694 e. The van der Waals surface area contributed by atoms with E-state index in [9.17, 15) is 0 Å². The molecule has 0 heterocycles. The summed E-state index contributed by atoms with van der Waals surface area (Å²) < 4.78 is 0. The van der Waals surface area contributed by atoms with Gasteiger partial charge in [0.25, 0.3) is 0 Å². The minimum absolute atomic E-state index is 0.652. The molecule has 0 spiro atoms. The van der Waals surface area contributed by atoms with Gasteiger partial charge in [-0.05, 0) is 36.0 Å². The lowest BCUT2D eigenvalue weighted by molar-refractivity contribution is 0.430. The summed E-state index contributed by atoms with van der Waals surface area (Å²) in [6.07, 6.45) is 5.39. The largest absolute Gasteiger partial charge is 0.143 e. The van der Waals surface area contributed by atoms with E-state index in [1.807, 2.05) is 0 Å². The Morgan fingerprint density at radius 2 is 1.88 bits per heavy atom. The summed E-state index contributed by atoms with van der Waals surface area (Å²) in [7, 11) is 0. The molecule has 0 aliphatic heterocycles. The number of unbranched alkanes of at least 4 members (excludes halogenated alkanes) is 2. The molecule has 0 radical (unpaired) electrons. The van der Waals surface area contributed by atoms with Crippen LogP contribution in [0.3, 0.4) is 0 Å². The molecule has 0 aliphatic rings. The molecule has 0 fully saturated rings. The molecule has 0 aromatic heterocycles. The van der Waals surface area contributed by atoms with Crippen molar-refractivity contribution in [1.82, 2.24) is 0 Å². The molecule has 0 saturated heterocycles. The number of thiol groups is 1. The number of hydrogen-bond donors (Lipinski definition) is 1. The van der Waals surface area contributed by atoms with Crippen molar-refractivity contribution in [3.63, 3.8) is 0 Å². The Kier molecular flexibility index (Phi) is 6.11. The molecule has 0 bridgehead atoms. The lowest BCUT2D eigenvalue weighted by Crippen LogP contribution is -2.06. The number of benzene rings is 1. The third-order valence-electron chi connectivity index (χ3n) is 3.86. The van der Waals surface area contributed by atoms with Gasteiger partial charge in [0.15, 0.2) is 0 Å². The molecule has 1 aromatic carbocycles. The van der Waals surface area contributed by atoms with Crippen LogP contribution in [-0.2, 0) is 0 Å². The van der Waals surface area contributed by atoms with Crippen molar-refractivity contribution < 1.29 is 0 Å². The molecule has 0 saturated carbocycles. The molecule has 2 atom stereocenters. The second-order valence-electron chi connectivity index (χ2n) is 5.31. The van der Waals surface area contributed by atoms with Gasteiger partial charge in [-0.15, -0.1) is 12.6 Å². The number of hydrogen-bond acceptors (Lipinski definition) is 1. The Balaban J connectivity index is 2.61. The van der Waals surface area contributed by atoms with E-state index in [1.54, 1.807) is 0 Å². The van der Waals surface area contributed by atoms with Gasteiger partial charge >= 0.3 is 0 Å². The van der Waals surface area contributed by atoms with Crippen molar-refractivity contribution in [2.45, 2.75) is 64.2 Å². The van der Waals surface area contributed by atoms with Crippen molar-refractivity contribution >= 4 is 12.6 Å². The fourth-order valence-electron chi connectivity index (χ4n) is 2.26. The van der Waals surface area contributed by atoms with Crippen LogP contribution >= 0.6 is 12.6 Å². The van der Waals surface area contributed by atoms with Crippen molar-refractivity contribution in [3.05, 3.63) is 29.3 Å². The lowest BCUT2D eigenvalue weighted by atomic mass is 9.85. The zero-order valence-electron chi connectivity index (χ0n) is 11.7. The zero-order chi connectivity index (χ0) is 12.8. The number of aryl methyl sites for hydroxylation is 1. The van der Waals surface area contributed by atoms with E-state index in [0.29, 0.717) is 5.92 Å². The van der Waals surface area contributed by atoms with Gasteiger partial charge in [-0.2, -0.15) is 0 Å². The summed E-state index contributed by atoms with van der Waals surface area (Å²) in [5.74, 6) is 1.42. The van der Waals surface area contributed by atoms with Crippen molar-refractivity contribution in [2.24, 2.45) is 5.92 Å². The minimum Gasteiger partial charge on any atom is -0.143 e. The second-order valence-corrected chi connectivity index (χ2v) is 5.79. The molecule has 1 aromatic rings. The maximum atomic E-state index is 4.43. The van der Waals surface area contributed by atoms with E-state index in [4.69, 9.17) is 0 Å². The van der Waals surface area contributed by atoms with E-state index in [1.165, 1.54) is 36.8 Å². The van der Waals surface area contributed by atoms with Gasteiger partial charge in [-0.3, -0.25) is 0 Å². The quantitative estimate of drug-likeness (QED) is 0.493. The van der Waals surface area contributed by atoms with Crippen LogP contribution in [-0.4, -0.2) is 0 Å². The summed E-state index contributed by atoms with van der Waals surface area (Å²) in [4.78, 5) is 1.10. The predicted octanol–water partition coefficient (Wildman–Crippen LogP) is 5.60. The van der Waals surface area contributed by atoms with Crippen LogP contribution in [0.1, 0.15) is 63.5 Å². The molecule has 2 unspecified atom stereocenters. The Morgan fingerprint density at radius 3 is 2.47 bits per heavy atom. The summed E-state index contributed by atoms with van der Waals surface area (Å²) in [6, 6.07) is 6.66. The lowest BCUT2D eigenvalue weighted by Gasteiger charge is -2.21. The summed E-state index contributed by atoms with van der Waals surface area (Å²) >= 11 is 4.43. The van der Waals surface area contributed by atoms with Gasteiger partial charge in [0.05, 0.1) is 0 Å². The fourth-order valence-corrected chi connectivity index (χ4v) is 2.40. The van der Waals surface area contributed by atoms with Crippen molar-refractivity contribution in [2.75, 3.05) is 0 Å². The highest BCUT2D eigenvalue weighted by atomic mass is 32.1. The van der Waals surface area contributed by atoms with E-state index < -0.39 is 0 Å². The number of rotatable bonds is 6. The van der Waals surface area contributed by atoms with Crippen molar-refractivity contribution in [3.8, 4) is 0 Å². The first-order chi connectivity index (χ1) is 8.06. The maximum Gasteiger partial charge on any atom is 0.00694 e. The topological polar surface area (TPSA) is 0 Å². The summed E-state index contributed by atoms with van der Waals surface area (Å²) in [6.45, 7) is 9.14. The summed E-state index contributed by atoms with van der Waals surface area (Å²) in [5.41, 5.74) is 2.75. The molecule has 1 rings (SSSR count). The SMILES string of the molecule is CCCCCC(C)C(C)c1ccc(S)c(C)c1. The fraction of sp³-hybridized carbons (Fsp3) is 0.625. The van der Waals surface area contributed by atoms with E-state index in [0.717, 1.165) is 10.8 Å². The Hall–Kier alpha value is -0.430. The first-order valence-corrected chi connectivity index (χ1v) is 7.30. The predicted molar refractivity (Wildman–Crippen MR) is 80.2 cm³/mol. The molecule has 0 amide bonds. The zero-order valence-corrected chi connectivity index (χ0v) is 12.6. The standard InChI is InChI=1S/C16H26S/c1-5-6-7-8-12(2)14(4)15-9-10-16(17)13(3)11-15/h9-12,14,17H,5-8H2,1-4H3. The monoisotopic (exact) mass is 250 g/mol. The normalized spacial score (nSPS) is 14.6. The van der Waals surface area contributed by atoms with Gasteiger partial charge in [0.1, 0.15) is 0 Å². The third kappa shape index (κ3) is 4.39. The molecular weight excluding hydrogens is 224 g/mol. The van der Waals surface area contributed by atoms with Gasteiger partial charge in [0.2, 0.25) is 0 Å². The van der Waals surface area contributed by atoms with Crippen LogP contribution in [0.25, 0.3) is 0 Å². The highest BCUT2D eigenvalue weighted by molar-refractivity contribution is 7.80. The molecule has 0 aliphatic carbocycles. The van der Waals surface area contributed by atoms with Crippen LogP contribution in [0.5, 0.6) is 0 Å². The summed E-state index contributed by atoms with van der Waals surface area (Å²) in [5, 5.41) is 0. The average Bonchev–Trinajstić information content (AvgIpc) is 2.32. The highest BCUT2D eigenvalue weighted by Gasteiger charge is 2.14. The molecule has 17 heavy (non-hydrogen) atoms. The van der Waals surface area contributed by atoms with Crippen LogP contribution in [0, 0.1) is 12.8 Å². The van der Waals surface area contributed by atoms with Crippen LogP contribution in [0.2, 0.25) is 0 Å². The first-order valence-electron chi connectivity index (χ1n) is 6.85. The van der Waals surface area contributed by atoms with Crippen LogP contribution in [0.15, 0.2) is 23.1 Å². The maximum absolute atomic E-state index is 4.43. The molecular formula is C16H26S. The first kappa shape index (κ1) is 14.6. The van der Waals surface area contributed by atoms with Gasteiger partial charge < -0.3 is 0 Å². The van der Waals surface area contributed by atoms with Crippen LogP contribution < -0.4 is 0 Å². The highest BCUT2D eigenvalue weighted by Crippen LogP contribution is 2.29. The van der Waals surface area contributed by atoms with E-state index in [-0.39, 0.29) is 0 Å². The van der Waals surface area contributed by atoms with Gasteiger partial charge in [-0.25, -0.2) is 0 Å². The molecule has 0 nitrogen and oxygen atoms in total. The third-order valence-corrected chi connectivity index (χ3v) is 4.36. The van der Waals surface area contributed by atoms with Crippen molar-refractivity contribution in [1.29, 1.82) is 0 Å². The molecule has 0 N–H and O–H groups in total.